The third-order valence-electron chi connectivity index (χ3n) is 3.36. The van der Waals surface area contributed by atoms with Crippen LogP contribution in [0.1, 0.15) is 17.2 Å². The summed E-state index contributed by atoms with van der Waals surface area (Å²) in [6.45, 7) is 0. The number of benzene rings is 2. The lowest BCUT2D eigenvalue weighted by molar-refractivity contribution is 0.160. The summed E-state index contributed by atoms with van der Waals surface area (Å²) < 4.78 is 5.10. The zero-order chi connectivity index (χ0) is 16.0. The highest BCUT2D eigenvalue weighted by atomic mass is 16.6. The number of hydrogen-bond acceptors (Lipinski definition) is 7. The molecule has 0 bridgehead atoms. The molecule has 0 aliphatic carbocycles. The molecule has 7 heteroatoms. The second kappa shape index (κ2) is 4.74. The molecule has 2 aromatic carbocycles. The van der Waals surface area contributed by atoms with Gasteiger partial charge in [0.2, 0.25) is 0 Å². The minimum absolute atomic E-state index is 0.0286. The molecule has 1 atom stereocenters. The lowest BCUT2D eigenvalue weighted by Crippen LogP contribution is -2.15. The predicted molar refractivity (Wildman–Crippen MR) is 74.7 cm³/mol. The topological polar surface area (TPSA) is 131 Å². The maximum Gasteiger partial charge on any atom is 0.289 e. The lowest BCUT2D eigenvalue weighted by Gasteiger charge is -2.26. The quantitative estimate of drug-likeness (QED) is 0.474. The Morgan fingerprint density at radius 2 is 1.50 bits per heavy atom. The lowest BCUT2D eigenvalue weighted by atomic mass is 9.92. The maximum absolute atomic E-state index is 10.4. The fourth-order valence-electron chi connectivity index (χ4n) is 2.39. The van der Waals surface area contributed by atoms with E-state index in [1.54, 1.807) is 0 Å². The van der Waals surface area contributed by atoms with Crippen molar-refractivity contribution in [2.45, 2.75) is 6.10 Å². The summed E-state index contributed by atoms with van der Waals surface area (Å²) in [5, 5.41) is 58.8. The molecule has 0 saturated heterocycles. The average molecular weight is 304 g/mol. The Balaban J connectivity index is 2.18. The molecule has 1 aliphatic heterocycles. The monoisotopic (exact) mass is 304 g/mol. The first-order valence-electron chi connectivity index (χ1n) is 6.25. The summed E-state index contributed by atoms with van der Waals surface area (Å²) in [7, 11) is 0. The van der Waals surface area contributed by atoms with Gasteiger partial charge in [-0.25, -0.2) is 0 Å². The van der Waals surface area contributed by atoms with Gasteiger partial charge in [0.25, 0.3) is 5.95 Å². The molecule has 0 radical (unpaired) electrons. The molecule has 1 unspecified atom stereocenters. The average Bonchev–Trinajstić information content (AvgIpc) is 2.39. The Morgan fingerprint density at radius 3 is 2.18 bits per heavy atom. The number of phenolic OH excluding ortho intramolecular Hbond substituents is 4. The molecule has 22 heavy (non-hydrogen) atoms. The fraction of sp³-hybridized carbons (Fsp3) is 0.0667. The van der Waals surface area contributed by atoms with Gasteiger partial charge in [-0.15, -0.1) is 0 Å². The van der Waals surface area contributed by atoms with Crippen LogP contribution in [0.4, 0.5) is 0 Å². The van der Waals surface area contributed by atoms with Gasteiger partial charge in [0.15, 0.2) is 0 Å². The van der Waals surface area contributed by atoms with Crippen LogP contribution < -0.4 is 4.74 Å². The van der Waals surface area contributed by atoms with Crippen LogP contribution in [0, 0.1) is 0 Å². The Hall–Kier alpha value is -3.06. The van der Waals surface area contributed by atoms with Crippen molar-refractivity contribution in [3.63, 3.8) is 0 Å². The highest BCUT2D eigenvalue weighted by molar-refractivity contribution is 5.79. The van der Waals surface area contributed by atoms with Gasteiger partial charge in [0.05, 0.1) is 11.1 Å². The Labute approximate surface area is 124 Å². The molecular weight excluding hydrogens is 292 g/mol. The predicted octanol–water partition coefficient (Wildman–Crippen LogP) is 1.86. The van der Waals surface area contributed by atoms with Crippen molar-refractivity contribution in [2.75, 3.05) is 0 Å². The standard InChI is InChI=1S/C15H12O7/c16-6-1-2-8(9(18)3-6)12-14(20)13-10(19)4-7(17)5-11(13)22-15(12)21/h1-5,14,16-21H. The molecule has 7 nitrogen and oxygen atoms in total. The van der Waals surface area contributed by atoms with Gasteiger partial charge in [-0.3, -0.25) is 0 Å². The van der Waals surface area contributed by atoms with E-state index in [-0.39, 0.29) is 39.7 Å². The number of aromatic hydroxyl groups is 4. The van der Waals surface area contributed by atoms with Crippen molar-refractivity contribution in [3.8, 4) is 28.7 Å². The van der Waals surface area contributed by atoms with E-state index >= 15 is 0 Å². The highest BCUT2D eigenvalue weighted by Crippen LogP contribution is 2.48. The maximum atomic E-state index is 10.4. The third kappa shape index (κ3) is 2.04. The second-order valence-corrected chi connectivity index (χ2v) is 4.80. The second-order valence-electron chi connectivity index (χ2n) is 4.80. The summed E-state index contributed by atoms with van der Waals surface area (Å²) in [6.07, 6.45) is -1.50. The van der Waals surface area contributed by atoms with Crippen molar-refractivity contribution in [1.82, 2.24) is 0 Å². The van der Waals surface area contributed by atoms with Crippen LogP contribution in [0.5, 0.6) is 28.7 Å². The molecule has 0 aromatic heterocycles. The van der Waals surface area contributed by atoms with E-state index in [4.69, 9.17) is 4.74 Å². The molecule has 0 spiro atoms. The molecule has 1 aliphatic rings. The Kier molecular flexibility index (Phi) is 3.00. The molecular formula is C15H12O7. The minimum atomic E-state index is -1.50. The van der Waals surface area contributed by atoms with Gasteiger partial charge < -0.3 is 35.4 Å². The molecule has 0 fully saturated rings. The summed E-state index contributed by atoms with van der Waals surface area (Å²) in [5.74, 6) is -2.10. The Morgan fingerprint density at radius 1 is 0.818 bits per heavy atom. The summed E-state index contributed by atoms with van der Waals surface area (Å²) in [5.41, 5.74) is -0.204. The number of fused-ring (bicyclic) bond motifs is 1. The first-order chi connectivity index (χ1) is 10.4. The molecule has 2 aromatic rings. The van der Waals surface area contributed by atoms with E-state index in [2.05, 4.69) is 0 Å². The van der Waals surface area contributed by atoms with Gasteiger partial charge in [0, 0.05) is 23.8 Å². The normalized spacial score (nSPS) is 17.0. The molecule has 0 saturated carbocycles. The van der Waals surface area contributed by atoms with Crippen LogP contribution in [0.3, 0.4) is 0 Å². The van der Waals surface area contributed by atoms with E-state index in [0.717, 1.165) is 18.2 Å². The molecule has 114 valence electrons. The minimum Gasteiger partial charge on any atom is -0.508 e. The van der Waals surface area contributed by atoms with Crippen molar-refractivity contribution in [1.29, 1.82) is 0 Å². The number of hydrogen-bond donors (Lipinski definition) is 6. The van der Waals surface area contributed by atoms with Gasteiger partial charge >= 0.3 is 0 Å². The van der Waals surface area contributed by atoms with Gasteiger partial charge in [0.1, 0.15) is 34.9 Å². The van der Waals surface area contributed by atoms with Crippen LogP contribution in [-0.2, 0) is 0 Å². The zero-order valence-corrected chi connectivity index (χ0v) is 11.1. The van der Waals surface area contributed by atoms with Crippen molar-refractivity contribution < 1.29 is 35.4 Å². The Bertz CT molecular complexity index is 795. The molecule has 3 rings (SSSR count). The highest BCUT2D eigenvalue weighted by Gasteiger charge is 2.33. The van der Waals surface area contributed by atoms with Crippen molar-refractivity contribution >= 4 is 5.57 Å². The van der Waals surface area contributed by atoms with E-state index in [1.807, 2.05) is 0 Å². The number of ether oxygens (including phenoxy) is 1. The largest absolute Gasteiger partial charge is 0.508 e. The van der Waals surface area contributed by atoms with Gasteiger partial charge in [-0.1, -0.05) is 0 Å². The van der Waals surface area contributed by atoms with Crippen LogP contribution in [0.2, 0.25) is 0 Å². The van der Waals surface area contributed by atoms with E-state index in [9.17, 15) is 30.6 Å². The number of rotatable bonds is 1. The SMILES string of the molecule is OC1=C(c2ccc(O)cc2O)C(O)c2c(O)cc(O)cc2O1. The van der Waals surface area contributed by atoms with Gasteiger partial charge in [-0.2, -0.15) is 0 Å². The molecule has 1 heterocycles. The zero-order valence-electron chi connectivity index (χ0n) is 11.1. The van der Waals surface area contributed by atoms with E-state index in [1.165, 1.54) is 12.1 Å². The fourth-order valence-corrected chi connectivity index (χ4v) is 2.39. The summed E-state index contributed by atoms with van der Waals surface area (Å²) >= 11 is 0. The molecule has 0 amide bonds. The van der Waals surface area contributed by atoms with Crippen LogP contribution in [-0.4, -0.2) is 30.6 Å². The van der Waals surface area contributed by atoms with Crippen molar-refractivity contribution in [2.24, 2.45) is 0 Å². The van der Waals surface area contributed by atoms with E-state index in [0.29, 0.717) is 0 Å². The first kappa shape index (κ1) is 13.9. The van der Waals surface area contributed by atoms with Crippen molar-refractivity contribution in [3.05, 3.63) is 47.4 Å². The summed E-state index contributed by atoms with van der Waals surface area (Å²) in [4.78, 5) is 0. The van der Waals surface area contributed by atoms with Crippen LogP contribution in [0.15, 0.2) is 36.3 Å². The van der Waals surface area contributed by atoms with Crippen LogP contribution in [0.25, 0.3) is 5.57 Å². The number of phenols is 4. The number of aliphatic hydroxyl groups is 2. The summed E-state index contributed by atoms with van der Waals surface area (Å²) in [6, 6.07) is 5.72. The number of aliphatic hydroxyl groups excluding tert-OH is 2. The smallest absolute Gasteiger partial charge is 0.289 e. The third-order valence-corrected chi connectivity index (χ3v) is 3.36. The first-order valence-corrected chi connectivity index (χ1v) is 6.25. The van der Waals surface area contributed by atoms with E-state index < -0.39 is 17.8 Å². The molecule has 6 N–H and O–H groups in total. The van der Waals surface area contributed by atoms with Crippen LogP contribution >= 0.6 is 0 Å². The van der Waals surface area contributed by atoms with Gasteiger partial charge in [-0.05, 0) is 12.1 Å².